The molecule has 0 fully saturated rings. The molecule has 0 unspecified atom stereocenters. The predicted molar refractivity (Wildman–Crippen MR) is 64.9 cm³/mol. The summed E-state index contributed by atoms with van der Waals surface area (Å²) in [6, 6.07) is 0. The van der Waals surface area contributed by atoms with Gasteiger partial charge in [-0.2, -0.15) is 0 Å². The first kappa shape index (κ1) is 12.2. The third-order valence-corrected chi connectivity index (χ3v) is 3.19. The number of ketones is 1. The monoisotopic (exact) mass is 226 g/mol. The summed E-state index contributed by atoms with van der Waals surface area (Å²) >= 11 is 1.55. The van der Waals surface area contributed by atoms with Crippen molar-refractivity contribution in [3.05, 3.63) is 11.1 Å². The number of anilines is 1. The van der Waals surface area contributed by atoms with E-state index in [0.717, 1.165) is 18.2 Å². The van der Waals surface area contributed by atoms with Crippen LogP contribution in [0, 0.1) is 0 Å². The molecule has 0 saturated carbocycles. The summed E-state index contributed by atoms with van der Waals surface area (Å²) in [4.78, 5) is 17.7. The molecule has 15 heavy (non-hydrogen) atoms. The Morgan fingerprint density at radius 1 is 1.53 bits per heavy atom. The van der Waals surface area contributed by atoms with E-state index < -0.39 is 0 Å². The average molecular weight is 226 g/mol. The molecule has 1 rings (SSSR count). The highest BCUT2D eigenvalue weighted by atomic mass is 32.1. The molecule has 4 heteroatoms. The minimum absolute atomic E-state index is 0.0454. The van der Waals surface area contributed by atoms with Crippen molar-refractivity contribution in [3.8, 4) is 0 Å². The number of Topliss-reactive ketones (excluding diaryl/α,β-unsaturated/α-hetero) is 1. The van der Waals surface area contributed by atoms with Crippen LogP contribution in [-0.2, 0) is 0 Å². The number of hydrogen-bond donors (Lipinski definition) is 0. The summed E-state index contributed by atoms with van der Waals surface area (Å²) in [6.07, 6.45) is 2.35. The summed E-state index contributed by atoms with van der Waals surface area (Å²) in [7, 11) is 0. The van der Waals surface area contributed by atoms with Crippen LogP contribution in [0.4, 0.5) is 5.13 Å². The van der Waals surface area contributed by atoms with Gasteiger partial charge in [-0.3, -0.25) is 4.79 Å². The lowest BCUT2D eigenvalue weighted by Crippen LogP contribution is -2.23. The van der Waals surface area contributed by atoms with E-state index in [1.165, 1.54) is 12.8 Å². The van der Waals surface area contributed by atoms with Crippen molar-refractivity contribution < 1.29 is 4.79 Å². The summed E-state index contributed by atoms with van der Waals surface area (Å²) in [5.41, 5.74) is 0.588. The number of unbranched alkanes of at least 4 members (excludes halogenated alkanes) is 1. The van der Waals surface area contributed by atoms with E-state index in [9.17, 15) is 4.79 Å². The van der Waals surface area contributed by atoms with E-state index in [4.69, 9.17) is 0 Å². The van der Waals surface area contributed by atoms with Crippen LogP contribution < -0.4 is 4.90 Å². The Hall–Kier alpha value is -0.900. The quantitative estimate of drug-likeness (QED) is 0.699. The van der Waals surface area contributed by atoms with Gasteiger partial charge in [-0.25, -0.2) is 4.98 Å². The van der Waals surface area contributed by atoms with E-state index in [0.29, 0.717) is 5.69 Å². The largest absolute Gasteiger partial charge is 0.348 e. The second-order valence-electron chi connectivity index (χ2n) is 3.50. The predicted octanol–water partition coefficient (Wildman–Crippen LogP) is 2.97. The van der Waals surface area contributed by atoms with Gasteiger partial charge in [-0.15, -0.1) is 11.3 Å². The Kier molecular flexibility index (Phi) is 4.75. The molecule has 0 bridgehead atoms. The zero-order chi connectivity index (χ0) is 11.3. The number of nitrogens with zero attached hydrogens (tertiary/aromatic N) is 2. The summed E-state index contributed by atoms with van der Waals surface area (Å²) in [6.45, 7) is 7.82. The molecule has 0 aliphatic carbocycles. The fourth-order valence-electron chi connectivity index (χ4n) is 1.31. The average Bonchev–Trinajstić information content (AvgIpc) is 2.68. The lowest BCUT2D eigenvalue weighted by molar-refractivity contribution is 0.101. The molecule has 0 aromatic carbocycles. The van der Waals surface area contributed by atoms with Crippen LogP contribution in [0.2, 0.25) is 0 Å². The minimum Gasteiger partial charge on any atom is -0.348 e. The molecular weight excluding hydrogens is 208 g/mol. The van der Waals surface area contributed by atoms with Crippen LogP contribution in [0.3, 0.4) is 0 Å². The molecule has 3 nitrogen and oxygen atoms in total. The topological polar surface area (TPSA) is 33.2 Å². The van der Waals surface area contributed by atoms with E-state index in [1.54, 1.807) is 18.3 Å². The number of carbonyl (C=O) groups excluding carboxylic acids is 1. The van der Waals surface area contributed by atoms with Crippen molar-refractivity contribution in [2.24, 2.45) is 0 Å². The molecule has 0 aliphatic rings. The van der Waals surface area contributed by atoms with Crippen LogP contribution in [0.25, 0.3) is 0 Å². The maximum Gasteiger partial charge on any atom is 0.185 e. The molecule has 0 atom stereocenters. The Morgan fingerprint density at radius 3 is 2.73 bits per heavy atom. The molecule has 84 valence electrons. The van der Waals surface area contributed by atoms with Gasteiger partial charge in [-0.1, -0.05) is 13.3 Å². The molecule has 0 radical (unpaired) electrons. The van der Waals surface area contributed by atoms with E-state index in [-0.39, 0.29) is 5.78 Å². The van der Waals surface area contributed by atoms with Crippen LogP contribution in [0.15, 0.2) is 5.38 Å². The van der Waals surface area contributed by atoms with Gasteiger partial charge in [0.05, 0.1) is 0 Å². The van der Waals surface area contributed by atoms with E-state index in [1.807, 2.05) is 5.38 Å². The fraction of sp³-hybridized carbons (Fsp3) is 0.636. The molecule has 0 amide bonds. The minimum atomic E-state index is 0.0454. The van der Waals surface area contributed by atoms with Gasteiger partial charge in [-0.05, 0) is 13.3 Å². The number of aromatic nitrogens is 1. The van der Waals surface area contributed by atoms with Crippen molar-refractivity contribution in [2.75, 3.05) is 18.0 Å². The first-order valence-electron chi connectivity index (χ1n) is 5.40. The van der Waals surface area contributed by atoms with Gasteiger partial charge < -0.3 is 4.90 Å². The first-order valence-corrected chi connectivity index (χ1v) is 6.28. The Labute approximate surface area is 95.1 Å². The van der Waals surface area contributed by atoms with Crippen molar-refractivity contribution in [1.29, 1.82) is 0 Å². The van der Waals surface area contributed by atoms with Gasteiger partial charge in [0.25, 0.3) is 0 Å². The fourth-order valence-corrected chi connectivity index (χ4v) is 2.27. The second kappa shape index (κ2) is 5.85. The zero-order valence-electron chi connectivity index (χ0n) is 9.62. The van der Waals surface area contributed by atoms with Crippen molar-refractivity contribution in [2.45, 2.75) is 33.6 Å². The maximum atomic E-state index is 11.1. The molecule has 1 aromatic rings. The number of carbonyl (C=O) groups is 1. The third-order valence-electron chi connectivity index (χ3n) is 2.29. The molecule has 1 heterocycles. The van der Waals surface area contributed by atoms with Gasteiger partial charge in [0, 0.05) is 25.4 Å². The number of rotatable bonds is 6. The van der Waals surface area contributed by atoms with Gasteiger partial charge in [0.1, 0.15) is 5.69 Å². The van der Waals surface area contributed by atoms with Crippen molar-refractivity contribution in [1.82, 2.24) is 4.98 Å². The Bertz CT molecular complexity index is 322. The third kappa shape index (κ3) is 3.30. The van der Waals surface area contributed by atoms with Crippen LogP contribution >= 0.6 is 11.3 Å². The maximum absolute atomic E-state index is 11.1. The second-order valence-corrected chi connectivity index (χ2v) is 4.34. The van der Waals surface area contributed by atoms with Crippen LogP contribution in [-0.4, -0.2) is 23.9 Å². The first-order chi connectivity index (χ1) is 7.19. The summed E-state index contributed by atoms with van der Waals surface area (Å²) in [5.74, 6) is 0.0454. The molecule has 0 aliphatic heterocycles. The van der Waals surface area contributed by atoms with Gasteiger partial charge >= 0.3 is 0 Å². The van der Waals surface area contributed by atoms with Crippen molar-refractivity contribution >= 4 is 22.3 Å². The van der Waals surface area contributed by atoms with Gasteiger partial charge in [0.2, 0.25) is 0 Å². The smallest absolute Gasteiger partial charge is 0.185 e. The normalized spacial score (nSPS) is 10.3. The highest BCUT2D eigenvalue weighted by Gasteiger charge is 2.10. The molecule has 0 N–H and O–H groups in total. The van der Waals surface area contributed by atoms with Crippen molar-refractivity contribution in [3.63, 3.8) is 0 Å². The lowest BCUT2D eigenvalue weighted by atomic mass is 10.3. The van der Waals surface area contributed by atoms with Crippen LogP contribution in [0.1, 0.15) is 44.1 Å². The van der Waals surface area contributed by atoms with E-state index in [2.05, 4.69) is 23.7 Å². The standard InChI is InChI=1S/C11H18N2OS/c1-4-6-7-13(5-2)11-12-10(8-15-11)9(3)14/h8H,4-7H2,1-3H3. The lowest BCUT2D eigenvalue weighted by Gasteiger charge is -2.18. The van der Waals surface area contributed by atoms with Crippen LogP contribution in [0.5, 0.6) is 0 Å². The Morgan fingerprint density at radius 2 is 2.27 bits per heavy atom. The summed E-state index contributed by atoms with van der Waals surface area (Å²) < 4.78 is 0. The zero-order valence-corrected chi connectivity index (χ0v) is 10.4. The van der Waals surface area contributed by atoms with E-state index >= 15 is 0 Å². The molecular formula is C11H18N2OS. The molecule has 1 aromatic heterocycles. The molecule has 0 spiro atoms. The Balaban J connectivity index is 2.69. The number of thiazole rings is 1. The number of hydrogen-bond acceptors (Lipinski definition) is 4. The highest BCUT2D eigenvalue weighted by molar-refractivity contribution is 7.13. The SMILES string of the molecule is CCCCN(CC)c1nc(C(C)=O)cs1. The molecule has 0 saturated heterocycles. The van der Waals surface area contributed by atoms with Gasteiger partial charge in [0.15, 0.2) is 10.9 Å². The summed E-state index contributed by atoms with van der Waals surface area (Å²) in [5, 5.41) is 2.81. The highest BCUT2D eigenvalue weighted by Crippen LogP contribution is 2.20.